The minimum atomic E-state index is 0.340. The molecule has 11 heavy (non-hydrogen) atoms. The van der Waals surface area contributed by atoms with Crippen LogP contribution in [0.4, 0.5) is 0 Å². The summed E-state index contributed by atoms with van der Waals surface area (Å²) in [6.07, 6.45) is 5.39. The zero-order valence-corrected chi connectivity index (χ0v) is 7.60. The average Bonchev–Trinajstić information content (AvgIpc) is 2.03. The Hall–Kier alpha value is -0.0400. The quantitative estimate of drug-likeness (QED) is 0.521. The van der Waals surface area contributed by atoms with Crippen molar-refractivity contribution in [2.24, 2.45) is 11.8 Å². The predicted molar refractivity (Wildman–Crippen MR) is 45.5 cm³/mol. The first kappa shape index (κ1) is 7.60. The third-order valence-electron chi connectivity index (χ3n) is 3.64. The number of hydrogen-bond donors (Lipinski definition) is 0. The van der Waals surface area contributed by atoms with E-state index in [1.807, 2.05) is 0 Å². The summed E-state index contributed by atoms with van der Waals surface area (Å²) in [6, 6.07) is 0. The lowest BCUT2D eigenvalue weighted by Gasteiger charge is -2.51. The van der Waals surface area contributed by atoms with Crippen molar-refractivity contribution < 1.29 is 4.74 Å². The van der Waals surface area contributed by atoms with Crippen molar-refractivity contribution >= 4 is 0 Å². The Kier molecular flexibility index (Phi) is 1.71. The molecular formula is C10H18O. The van der Waals surface area contributed by atoms with Crippen LogP contribution < -0.4 is 0 Å². The standard InChI is InChI=1S/C10H18O/c1-8-3-5-10(6-4-8)9(2)7-11-10/h8-9H,3-7H2,1-2H3/t8?,9-,10?/m0/s1. The fourth-order valence-electron chi connectivity index (χ4n) is 2.37. The van der Waals surface area contributed by atoms with Gasteiger partial charge in [-0.1, -0.05) is 13.8 Å². The first-order valence-electron chi connectivity index (χ1n) is 4.87. The molecule has 2 fully saturated rings. The molecule has 0 aromatic carbocycles. The lowest BCUT2D eigenvalue weighted by Crippen LogP contribution is -2.53. The third-order valence-corrected chi connectivity index (χ3v) is 3.64. The molecule has 0 aromatic rings. The summed E-state index contributed by atoms with van der Waals surface area (Å²) in [5.74, 6) is 1.77. The Morgan fingerprint density at radius 3 is 2.18 bits per heavy atom. The van der Waals surface area contributed by atoms with Crippen LogP contribution in [-0.2, 0) is 4.74 Å². The molecule has 64 valence electrons. The lowest BCUT2D eigenvalue weighted by molar-refractivity contribution is -0.216. The summed E-state index contributed by atoms with van der Waals surface area (Å²) in [5.41, 5.74) is 0.340. The predicted octanol–water partition coefficient (Wildman–Crippen LogP) is 2.60. The molecule has 1 aliphatic heterocycles. The van der Waals surface area contributed by atoms with Gasteiger partial charge in [0.1, 0.15) is 0 Å². The van der Waals surface area contributed by atoms with Gasteiger partial charge in [0.2, 0.25) is 0 Å². The summed E-state index contributed by atoms with van der Waals surface area (Å²) in [5, 5.41) is 0. The molecule has 1 spiro atoms. The van der Waals surface area contributed by atoms with Crippen molar-refractivity contribution in [2.45, 2.75) is 45.1 Å². The van der Waals surface area contributed by atoms with E-state index in [4.69, 9.17) is 4.74 Å². The van der Waals surface area contributed by atoms with Crippen LogP contribution in [0.2, 0.25) is 0 Å². The molecule has 0 bridgehead atoms. The molecule has 1 aliphatic carbocycles. The van der Waals surface area contributed by atoms with Gasteiger partial charge in [-0.2, -0.15) is 0 Å². The molecule has 0 amide bonds. The van der Waals surface area contributed by atoms with Gasteiger partial charge in [0, 0.05) is 5.92 Å². The molecular weight excluding hydrogens is 136 g/mol. The fraction of sp³-hybridized carbons (Fsp3) is 1.00. The van der Waals surface area contributed by atoms with Crippen LogP contribution in [0.25, 0.3) is 0 Å². The zero-order valence-electron chi connectivity index (χ0n) is 7.60. The van der Waals surface area contributed by atoms with Crippen LogP contribution in [0, 0.1) is 11.8 Å². The van der Waals surface area contributed by atoms with Gasteiger partial charge in [0.05, 0.1) is 12.2 Å². The summed E-state index contributed by atoms with van der Waals surface area (Å²) in [6.45, 7) is 5.70. The van der Waals surface area contributed by atoms with E-state index < -0.39 is 0 Å². The van der Waals surface area contributed by atoms with Crippen molar-refractivity contribution in [3.05, 3.63) is 0 Å². The highest BCUT2D eigenvalue weighted by Gasteiger charge is 2.46. The topological polar surface area (TPSA) is 9.23 Å². The molecule has 1 heteroatoms. The fourth-order valence-corrected chi connectivity index (χ4v) is 2.37. The molecule has 2 aliphatic rings. The van der Waals surface area contributed by atoms with Gasteiger partial charge in [-0.25, -0.2) is 0 Å². The SMILES string of the molecule is CC1CCC2(CC1)OC[C@@H]2C. The van der Waals surface area contributed by atoms with E-state index in [2.05, 4.69) is 13.8 Å². The Balaban J connectivity index is 1.96. The van der Waals surface area contributed by atoms with E-state index in [-0.39, 0.29) is 0 Å². The Labute approximate surface area is 69.1 Å². The maximum Gasteiger partial charge on any atom is 0.0730 e. The second-order valence-electron chi connectivity index (χ2n) is 4.46. The van der Waals surface area contributed by atoms with Crippen LogP contribution >= 0.6 is 0 Å². The van der Waals surface area contributed by atoms with Crippen molar-refractivity contribution in [2.75, 3.05) is 6.61 Å². The van der Waals surface area contributed by atoms with E-state index >= 15 is 0 Å². The van der Waals surface area contributed by atoms with Crippen molar-refractivity contribution in [1.29, 1.82) is 0 Å². The van der Waals surface area contributed by atoms with Crippen molar-refractivity contribution in [3.63, 3.8) is 0 Å². The highest BCUT2D eigenvalue weighted by atomic mass is 16.5. The monoisotopic (exact) mass is 154 g/mol. The molecule has 1 atom stereocenters. The molecule has 1 nitrogen and oxygen atoms in total. The van der Waals surface area contributed by atoms with E-state index in [0.717, 1.165) is 18.4 Å². The maximum atomic E-state index is 5.72. The van der Waals surface area contributed by atoms with Crippen LogP contribution in [0.5, 0.6) is 0 Å². The Bertz CT molecular complexity index is 145. The summed E-state index contributed by atoms with van der Waals surface area (Å²) in [4.78, 5) is 0. The van der Waals surface area contributed by atoms with E-state index in [1.165, 1.54) is 25.7 Å². The van der Waals surface area contributed by atoms with Gasteiger partial charge in [-0.3, -0.25) is 0 Å². The second kappa shape index (κ2) is 2.48. The first-order valence-corrected chi connectivity index (χ1v) is 4.87. The number of hydrogen-bond acceptors (Lipinski definition) is 1. The minimum Gasteiger partial charge on any atom is -0.374 e. The molecule has 0 aromatic heterocycles. The van der Waals surface area contributed by atoms with Crippen LogP contribution in [-0.4, -0.2) is 12.2 Å². The van der Waals surface area contributed by atoms with Crippen molar-refractivity contribution in [1.82, 2.24) is 0 Å². The average molecular weight is 154 g/mol. The van der Waals surface area contributed by atoms with Crippen LogP contribution in [0.1, 0.15) is 39.5 Å². The molecule has 2 rings (SSSR count). The van der Waals surface area contributed by atoms with E-state index in [9.17, 15) is 0 Å². The number of ether oxygens (including phenoxy) is 1. The molecule has 0 N–H and O–H groups in total. The highest BCUT2D eigenvalue weighted by molar-refractivity contribution is 4.96. The van der Waals surface area contributed by atoms with Gasteiger partial charge >= 0.3 is 0 Å². The van der Waals surface area contributed by atoms with Gasteiger partial charge < -0.3 is 4.74 Å². The molecule has 1 heterocycles. The second-order valence-corrected chi connectivity index (χ2v) is 4.46. The first-order chi connectivity index (χ1) is 5.23. The van der Waals surface area contributed by atoms with Gasteiger partial charge in [0.15, 0.2) is 0 Å². The van der Waals surface area contributed by atoms with E-state index in [1.54, 1.807) is 0 Å². The molecule has 0 radical (unpaired) electrons. The van der Waals surface area contributed by atoms with Crippen LogP contribution in [0.3, 0.4) is 0 Å². The highest BCUT2D eigenvalue weighted by Crippen LogP contribution is 2.45. The van der Waals surface area contributed by atoms with Crippen molar-refractivity contribution in [3.8, 4) is 0 Å². The maximum absolute atomic E-state index is 5.72. The molecule has 1 saturated heterocycles. The Morgan fingerprint density at radius 1 is 1.18 bits per heavy atom. The lowest BCUT2D eigenvalue weighted by atomic mass is 9.70. The van der Waals surface area contributed by atoms with Gasteiger partial charge in [-0.05, 0) is 31.6 Å². The Morgan fingerprint density at radius 2 is 1.82 bits per heavy atom. The smallest absolute Gasteiger partial charge is 0.0730 e. The zero-order chi connectivity index (χ0) is 7.90. The summed E-state index contributed by atoms with van der Waals surface area (Å²) < 4.78 is 5.72. The van der Waals surface area contributed by atoms with Gasteiger partial charge in [-0.15, -0.1) is 0 Å². The van der Waals surface area contributed by atoms with Crippen LogP contribution in [0.15, 0.2) is 0 Å². The third kappa shape index (κ3) is 1.10. The molecule has 0 unspecified atom stereocenters. The van der Waals surface area contributed by atoms with E-state index in [0.29, 0.717) is 5.60 Å². The normalized spacial score (nSPS) is 50.7. The number of rotatable bonds is 0. The molecule has 1 saturated carbocycles. The van der Waals surface area contributed by atoms with Gasteiger partial charge in [0.25, 0.3) is 0 Å². The summed E-state index contributed by atoms with van der Waals surface area (Å²) in [7, 11) is 0. The minimum absolute atomic E-state index is 0.340. The largest absolute Gasteiger partial charge is 0.374 e. The summed E-state index contributed by atoms with van der Waals surface area (Å²) >= 11 is 0.